The zero-order valence-corrected chi connectivity index (χ0v) is 13.7. The number of methoxy groups -OCH3 is 1. The van der Waals surface area contributed by atoms with Gasteiger partial charge in [-0.25, -0.2) is 0 Å². The summed E-state index contributed by atoms with van der Waals surface area (Å²) in [5.41, 5.74) is 1.77. The number of para-hydroxylation sites is 1. The van der Waals surface area contributed by atoms with Crippen LogP contribution >= 0.6 is 15.9 Å². The van der Waals surface area contributed by atoms with Crippen molar-refractivity contribution in [3.63, 3.8) is 0 Å². The van der Waals surface area contributed by atoms with Gasteiger partial charge in [0.25, 0.3) is 0 Å². The minimum absolute atomic E-state index is 0.0413. The molecule has 1 unspecified atom stereocenters. The van der Waals surface area contributed by atoms with E-state index < -0.39 is 0 Å². The summed E-state index contributed by atoms with van der Waals surface area (Å²) in [6, 6.07) is 13.2. The highest BCUT2D eigenvalue weighted by Gasteiger charge is 2.26. The molecule has 114 valence electrons. The van der Waals surface area contributed by atoms with Crippen molar-refractivity contribution in [1.29, 1.82) is 0 Å². The second-order valence-electron chi connectivity index (χ2n) is 5.15. The lowest BCUT2D eigenvalue weighted by Gasteiger charge is -2.25. The molecule has 0 saturated heterocycles. The normalized spacial score (nSPS) is 16.4. The summed E-state index contributed by atoms with van der Waals surface area (Å²) >= 11 is 3.43. The molecule has 1 aliphatic rings. The molecule has 3 rings (SSSR count). The van der Waals surface area contributed by atoms with Crippen molar-refractivity contribution in [3.05, 3.63) is 52.5 Å². The number of hydrogen-bond donors (Lipinski definition) is 1. The number of carbonyl (C=O) groups excluding carboxylic acids is 1. The van der Waals surface area contributed by atoms with Gasteiger partial charge in [-0.3, -0.25) is 4.79 Å². The Labute approximate surface area is 137 Å². The number of benzene rings is 2. The minimum Gasteiger partial charge on any atom is -0.497 e. The molecule has 2 aromatic rings. The number of halogens is 1. The molecule has 1 N–H and O–H groups in total. The van der Waals surface area contributed by atoms with E-state index in [1.807, 2.05) is 42.5 Å². The summed E-state index contributed by atoms with van der Waals surface area (Å²) in [6.45, 7) is 0.385. The van der Waals surface area contributed by atoms with Crippen molar-refractivity contribution in [2.45, 2.75) is 6.42 Å². The first-order chi connectivity index (χ1) is 10.7. The average molecular weight is 362 g/mol. The number of rotatable bonds is 3. The maximum Gasteiger partial charge on any atom is 0.231 e. The van der Waals surface area contributed by atoms with Gasteiger partial charge in [0.15, 0.2) is 0 Å². The fourth-order valence-electron chi connectivity index (χ4n) is 2.46. The molecule has 22 heavy (non-hydrogen) atoms. The van der Waals surface area contributed by atoms with Crippen LogP contribution in [0, 0.1) is 5.92 Å². The summed E-state index contributed by atoms with van der Waals surface area (Å²) in [7, 11) is 1.63. The molecule has 0 spiro atoms. The van der Waals surface area contributed by atoms with Crippen LogP contribution in [0.5, 0.6) is 11.5 Å². The van der Waals surface area contributed by atoms with Crippen LogP contribution in [0.1, 0.15) is 5.56 Å². The van der Waals surface area contributed by atoms with Crippen LogP contribution in [0.3, 0.4) is 0 Å². The first-order valence-corrected chi connectivity index (χ1v) is 7.82. The Bertz CT molecular complexity index is 702. The molecular weight excluding hydrogens is 346 g/mol. The second kappa shape index (κ2) is 6.40. The Morgan fingerprint density at radius 3 is 2.91 bits per heavy atom. The predicted molar refractivity (Wildman–Crippen MR) is 88.5 cm³/mol. The van der Waals surface area contributed by atoms with Gasteiger partial charge in [-0.05, 0) is 58.2 Å². The topological polar surface area (TPSA) is 47.6 Å². The molecule has 0 fully saturated rings. The monoisotopic (exact) mass is 361 g/mol. The summed E-state index contributed by atoms with van der Waals surface area (Å²) in [4.78, 5) is 12.4. The van der Waals surface area contributed by atoms with E-state index in [1.54, 1.807) is 7.11 Å². The Hall–Kier alpha value is -2.01. The fraction of sp³-hybridized carbons (Fsp3) is 0.235. The number of hydrogen-bond acceptors (Lipinski definition) is 3. The van der Waals surface area contributed by atoms with Crippen LogP contribution in [0.25, 0.3) is 0 Å². The van der Waals surface area contributed by atoms with E-state index in [2.05, 4.69) is 21.2 Å². The van der Waals surface area contributed by atoms with E-state index in [1.165, 1.54) is 0 Å². The van der Waals surface area contributed by atoms with Crippen LogP contribution in [-0.4, -0.2) is 19.6 Å². The molecule has 5 heteroatoms. The Balaban J connectivity index is 1.73. The van der Waals surface area contributed by atoms with E-state index in [0.29, 0.717) is 13.0 Å². The highest BCUT2D eigenvalue weighted by atomic mass is 79.9. The lowest BCUT2D eigenvalue weighted by Crippen LogP contribution is -2.32. The van der Waals surface area contributed by atoms with Crippen LogP contribution in [0.15, 0.2) is 46.9 Å². The average Bonchev–Trinajstić information content (AvgIpc) is 2.55. The SMILES string of the molecule is COc1ccc2c(c1)CC(C(=O)Nc1ccccc1Br)CO2. The molecule has 1 aliphatic heterocycles. The standard InChI is InChI=1S/C17H16BrNO3/c1-21-13-6-7-16-11(9-13)8-12(10-22-16)17(20)19-15-5-3-2-4-14(15)18/h2-7,9,12H,8,10H2,1H3,(H,19,20). The van der Waals surface area contributed by atoms with E-state index in [9.17, 15) is 4.79 Å². The smallest absolute Gasteiger partial charge is 0.231 e. The van der Waals surface area contributed by atoms with Crippen molar-refractivity contribution < 1.29 is 14.3 Å². The van der Waals surface area contributed by atoms with Gasteiger partial charge in [-0.2, -0.15) is 0 Å². The van der Waals surface area contributed by atoms with Crippen LogP contribution < -0.4 is 14.8 Å². The van der Waals surface area contributed by atoms with Crippen LogP contribution in [-0.2, 0) is 11.2 Å². The number of ether oxygens (including phenoxy) is 2. The van der Waals surface area contributed by atoms with Crippen molar-refractivity contribution >= 4 is 27.5 Å². The predicted octanol–water partition coefficient (Wildman–Crippen LogP) is 3.65. The van der Waals surface area contributed by atoms with Gasteiger partial charge >= 0.3 is 0 Å². The third-order valence-corrected chi connectivity index (χ3v) is 4.37. The lowest BCUT2D eigenvalue weighted by molar-refractivity contribution is -0.121. The number of anilines is 1. The first-order valence-electron chi connectivity index (χ1n) is 7.02. The van der Waals surface area contributed by atoms with Crippen LogP contribution in [0.4, 0.5) is 5.69 Å². The molecule has 0 aromatic heterocycles. The molecule has 4 nitrogen and oxygen atoms in total. The molecule has 0 saturated carbocycles. The van der Waals surface area contributed by atoms with Crippen molar-refractivity contribution in [2.24, 2.45) is 5.92 Å². The van der Waals surface area contributed by atoms with Gasteiger partial charge in [0.2, 0.25) is 5.91 Å². The first kappa shape index (κ1) is 14.9. The zero-order chi connectivity index (χ0) is 15.5. The van der Waals surface area contributed by atoms with Gasteiger partial charge in [-0.15, -0.1) is 0 Å². The van der Waals surface area contributed by atoms with Crippen molar-refractivity contribution in [1.82, 2.24) is 0 Å². The summed E-state index contributed by atoms with van der Waals surface area (Å²) in [6.07, 6.45) is 0.642. The Kier molecular flexibility index (Phi) is 4.34. The summed E-state index contributed by atoms with van der Waals surface area (Å²) < 4.78 is 11.8. The van der Waals surface area contributed by atoms with E-state index in [0.717, 1.165) is 27.2 Å². The van der Waals surface area contributed by atoms with Gasteiger partial charge in [0.05, 0.1) is 18.7 Å². The van der Waals surface area contributed by atoms with Crippen LogP contribution in [0.2, 0.25) is 0 Å². The summed E-state index contributed by atoms with van der Waals surface area (Å²) in [5, 5.41) is 2.94. The fourth-order valence-corrected chi connectivity index (χ4v) is 2.85. The third-order valence-electron chi connectivity index (χ3n) is 3.68. The Morgan fingerprint density at radius 1 is 1.32 bits per heavy atom. The number of nitrogens with one attached hydrogen (secondary N) is 1. The van der Waals surface area contributed by atoms with E-state index in [-0.39, 0.29) is 11.8 Å². The highest BCUT2D eigenvalue weighted by molar-refractivity contribution is 9.10. The Morgan fingerprint density at radius 2 is 2.14 bits per heavy atom. The minimum atomic E-state index is -0.216. The highest BCUT2D eigenvalue weighted by Crippen LogP contribution is 2.31. The zero-order valence-electron chi connectivity index (χ0n) is 12.1. The maximum atomic E-state index is 12.4. The number of amides is 1. The molecule has 1 heterocycles. The van der Waals surface area contributed by atoms with E-state index >= 15 is 0 Å². The quantitative estimate of drug-likeness (QED) is 0.907. The third kappa shape index (κ3) is 3.09. The van der Waals surface area contributed by atoms with Gasteiger partial charge in [0, 0.05) is 4.47 Å². The molecule has 0 aliphatic carbocycles. The van der Waals surface area contributed by atoms with E-state index in [4.69, 9.17) is 9.47 Å². The molecular formula is C17H16BrNO3. The summed E-state index contributed by atoms with van der Waals surface area (Å²) in [5.74, 6) is 1.34. The molecule has 2 aromatic carbocycles. The largest absolute Gasteiger partial charge is 0.497 e. The second-order valence-corrected chi connectivity index (χ2v) is 6.01. The number of fused-ring (bicyclic) bond motifs is 1. The van der Waals surface area contributed by atoms with Crippen molar-refractivity contribution in [3.8, 4) is 11.5 Å². The molecule has 0 radical (unpaired) electrons. The van der Waals surface area contributed by atoms with Crippen molar-refractivity contribution in [2.75, 3.05) is 19.0 Å². The van der Waals surface area contributed by atoms with Gasteiger partial charge in [-0.1, -0.05) is 12.1 Å². The molecule has 0 bridgehead atoms. The lowest BCUT2D eigenvalue weighted by atomic mass is 9.95. The molecule has 1 atom stereocenters. The molecule has 1 amide bonds. The maximum absolute atomic E-state index is 12.4. The van der Waals surface area contributed by atoms with Gasteiger partial charge < -0.3 is 14.8 Å². The number of carbonyl (C=O) groups is 1. The van der Waals surface area contributed by atoms with Gasteiger partial charge in [0.1, 0.15) is 18.1 Å².